The van der Waals surface area contributed by atoms with E-state index in [1.165, 1.54) is 23.9 Å². The van der Waals surface area contributed by atoms with Gasteiger partial charge in [0, 0.05) is 15.1 Å². The summed E-state index contributed by atoms with van der Waals surface area (Å²) >= 11 is 4.74. The monoisotopic (exact) mass is 411 g/mol. The molecule has 2 aromatic carbocycles. The van der Waals surface area contributed by atoms with Crippen LogP contribution in [0, 0.1) is 5.82 Å². The number of carbonyl (C=O) groups is 2. The van der Waals surface area contributed by atoms with Crippen molar-refractivity contribution in [3.05, 3.63) is 58.8 Å². The fraction of sp³-hybridized carbons (Fsp3) is 0.176. The summed E-state index contributed by atoms with van der Waals surface area (Å²) in [7, 11) is 0. The van der Waals surface area contributed by atoms with Crippen LogP contribution < -0.4 is 5.32 Å². The first-order valence-electron chi connectivity index (χ1n) is 7.13. The third kappa shape index (κ3) is 6.33. The lowest BCUT2D eigenvalue weighted by atomic mass is 10.3. The second-order valence-electron chi connectivity index (χ2n) is 4.74. The zero-order valence-corrected chi connectivity index (χ0v) is 15.0. The number of rotatable bonds is 7. The van der Waals surface area contributed by atoms with Gasteiger partial charge in [-0.2, -0.15) is 0 Å². The van der Waals surface area contributed by atoms with E-state index in [0.29, 0.717) is 11.4 Å². The molecule has 126 valence electrons. The number of thioether (sulfide) groups is 1. The van der Waals surface area contributed by atoms with Crippen LogP contribution in [0.3, 0.4) is 0 Å². The molecular weight excluding hydrogens is 397 g/mol. The highest BCUT2D eigenvalue weighted by Gasteiger charge is 2.09. The maximum absolute atomic E-state index is 12.8. The summed E-state index contributed by atoms with van der Waals surface area (Å²) < 4.78 is 18.5. The minimum atomic E-state index is -0.452. The molecule has 1 N–H and O–H groups in total. The van der Waals surface area contributed by atoms with Crippen LogP contribution in [0.4, 0.5) is 10.1 Å². The lowest BCUT2D eigenvalue weighted by molar-refractivity contribution is -0.146. The molecule has 1 amide bonds. The predicted molar refractivity (Wildman–Crippen MR) is 95.5 cm³/mol. The molecule has 4 nitrogen and oxygen atoms in total. The van der Waals surface area contributed by atoms with Crippen molar-refractivity contribution in [2.24, 2.45) is 0 Å². The number of nitrogens with one attached hydrogen (secondary N) is 1. The highest BCUT2D eigenvalue weighted by molar-refractivity contribution is 9.10. The van der Waals surface area contributed by atoms with Gasteiger partial charge in [0.2, 0.25) is 0 Å². The third-order valence-corrected chi connectivity index (χ3v) is 4.61. The summed E-state index contributed by atoms with van der Waals surface area (Å²) in [6.45, 7) is -0.332. The number of carbonyl (C=O) groups excluding carboxylic acids is 2. The first-order chi connectivity index (χ1) is 11.5. The summed E-state index contributed by atoms with van der Waals surface area (Å²) in [6, 6.07) is 13.2. The molecule has 7 heteroatoms. The molecule has 0 heterocycles. The molecule has 0 saturated heterocycles. The Morgan fingerprint density at radius 2 is 1.83 bits per heavy atom. The van der Waals surface area contributed by atoms with Crippen molar-refractivity contribution >= 4 is 45.3 Å². The molecule has 0 fully saturated rings. The lowest BCUT2D eigenvalue weighted by Gasteiger charge is -2.08. The van der Waals surface area contributed by atoms with Gasteiger partial charge in [-0.05, 0) is 52.3 Å². The van der Waals surface area contributed by atoms with Crippen molar-refractivity contribution in [1.29, 1.82) is 0 Å². The van der Waals surface area contributed by atoms with E-state index in [1.54, 1.807) is 30.3 Å². The van der Waals surface area contributed by atoms with Gasteiger partial charge in [0.1, 0.15) is 5.82 Å². The van der Waals surface area contributed by atoms with E-state index in [9.17, 15) is 14.0 Å². The zero-order chi connectivity index (χ0) is 17.4. The Morgan fingerprint density at radius 1 is 1.12 bits per heavy atom. The number of hydrogen-bond acceptors (Lipinski definition) is 4. The molecule has 0 saturated carbocycles. The topological polar surface area (TPSA) is 55.4 Å². The average Bonchev–Trinajstić information content (AvgIpc) is 2.57. The quantitative estimate of drug-likeness (QED) is 0.546. The van der Waals surface area contributed by atoms with Crippen LogP contribution >= 0.6 is 27.7 Å². The summed E-state index contributed by atoms with van der Waals surface area (Å²) in [5, 5.41) is 2.65. The molecule has 0 atom stereocenters. The van der Waals surface area contributed by atoms with Crippen LogP contribution in [-0.4, -0.2) is 24.2 Å². The average molecular weight is 412 g/mol. The number of benzene rings is 2. The number of amides is 1. The third-order valence-electron chi connectivity index (χ3n) is 2.90. The molecule has 2 rings (SSSR count). The number of hydrogen-bond donors (Lipinski definition) is 1. The van der Waals surface area contributed by atoms with E-state index >= 15 is 0 Å². The maximum atomic E-state index is 12.8. The molecule has 24 heavy (non-hydrogen) atoms. The summed E-state index contributed by atoms with van der Waals surface area (Å²) in [4.78, 5) is 24.2. The van der Waals surface area contributed by atoms with Crippen molar-refractivity contribution in [3.63, 3.8) is 0 Å². The number of anilines is 1. The van der Waals surface area contributed by atoms with Crippen molar-refractivity contribution < 1.29 is 18.7 Å². The van der Waals surface area contributed by atoms with Crippen molar-refractivity contribution in [2.75, 3.05) is 17.7 Å². The predicted octanol–water partition coefficient (Wildman–Crippen LogP) is 4.25. The van der Waals surface area contributed by atoms with Crippen LogP contribution in [0.2, 0.25) is 0 Å². The van der Waals surface area contributed by atoms with Crippen molar-refractivity contribution in [2.45, 2.75) is 11.3 Å². The van der Waals surface area contributed by atoms with Gasteiger partial charge in [-0.1, -0.05) is 12.1 Å². The first-order valence-corrected chi connectivity index (χ1v) is 8.91. The Kier molecular flexibility index (Phi) is 7.27. The molecule has 0 unspecified atom stereocenters. The highest BCUT2D eigenvalue weighted by atomic mass is 79.9. The van der Waals surface area contributed by atoms with E-state index in [2.05, 4.69) is 21.2 Å². The van der Waals surface area contributed by atoms with Crippen LogP contribution in [0.1, 0.15) is 6.42 Å². The Balaban J connectivity index is 1.66. The van der Waals surface area contributed by atoms with Gasteiger partial charge in [0.25, 0.3) is 5.91 Å². The summed E-state index contributed by atoms with van der Waals surface area (Å²) in [5.74, 6) is -0.654. The van der Waals surface area contributed by atoms with E-state index in [-0.39, 0.29) is 18.8 Å². The highest BCUT2D eigenvalue weighted by Crippen LogP contribution is 2.21. The Morgan fingerprint density at radius 3 is 2.54 bits per heavy atom. The normalized spacial score (nSPS) is 10.2. The van der Waals surface area contributed by atoms with Crippen LogP contribution in [0.5, 0.6) is 0 Å². The molecule has 0 aromatic heterocycles. The molecule has 0 bridgehead atoms. The molecule has 2 aromatic rings. The zero-order valence-electron chi connectivity index (χ0n) is 12.6. The van der Waals surface area contributed by atoms with E-state index in [0.717, 1.165) is 9.37 Å². The van der Waals surface area contributed by atoms with Gasteiger partial charge >= 0.3 is 5.97 Å². The maximum Gasteiger partial charge on any atom is 0.307 e. The van der Waals surface area contributed by atoms with Crippen LogP contribution in [0.25, 0.3) is 0 Å². The Bertz CT molecular complexity index is 709. The van der Waals surface area contributed by atoms with Gasteiger partial charge in [-0.15, -0.1) is 11.8 Å². The minimum Gasteiger partial charge on any atom is -0.456 e. The second kappa shape index (κ2) is 9.44. The molecule has 0 spiro atoms. The van der Waals surface area contributed by atoms with Gasteiger partial charge < -0.3 is 10.1 Å². The number of para-hydroxylation sites is 1. The lowest BCUT2D eigenvalue weighted by Crippen LogP contribution is -2.21. The van der Waals surface area contributed by atoms with Gasteiger partial charge in [-0.25, -0.2) is 4.39 Å². The van der Waals surface area contributed by atoms with Crippen molar-refractivity contribution in [1.82, 2.24) is 0 Å². The SMILES string of the molecule is O=C(COC(=O)CCSc1ccc(F)cc1)Nc1ccccc1Br. The number of halogens is 2. The first kappa shape index (κ1) is 18.5. The standard InChI is InChI=1S/C17H15BrFNO3S/c18-14-3-1-2-4-15(14)20-16(21)11-23-17(22)9-10-24-13-7-5-12(19)6-8-13/h1-8H,9-11H2,(H,20,21). The fourth-order valence-electron chi connectivity index (χ4n) is 1.75. The van der Waals surface area contributed by atoms with Gasteiger partial charge in [0.15, 0.2) is 6.61 Å². The smallest absolute Gasteiger partial charge is 0.307 e. The summed E-state index contributed by atoms with van der Waals surface area (Å²) in [5.41, 5.74) is 0.616. The second-order valence-corrected chi connectivity index (χ2v) is 6.76. The van der Waals surface area contributed by atoms with E-state index in [1.807, 2.05) is 6.07 Å². The van der Waals surface area contributed by atoms with E-state index in [4.69, 9.17) is 4.74 Å². The van der Waals surface area contributed by atoms with Crippen molar-refractivity contribution in [3.8, 4) is 0 Å². The number of esters is 1. The largest absolute Gasteiger partial charge is 0.456 e. The summed E-state index contributed by atoms with van der Waals surface area (Å²) in [6.07, 6.45) is 0.171. The molecule has 0 aliphatic rings. The van der Waals surface area contributed by atoms with Crippen LogP contribution in [-0.2, 0) is 14.3 Å². The molecule has 0 aliphatic heterocycles. The molecule has 0 aliphatic carbocycles. The Labute approximate surface area is 151 Å². The minimum absolute atomic E-state index is 0.171. The molecule has 0 radical (unpaired) electrons. The molecular formula is C17H15BrFNO3S. The van der Waals surface area contributed by atoms with E-state index < -0.39 is 11.9 Å². The van der Waals surface area contributed by atoms with Gasteiger partial charge in [-0.3, -0.25) is 9.59 Å². The fourth-order valence-corrected chi connectivity index (χ4v) is 2.97. The Hall–Kier alpha value is -1.86. The number of ether oxygens (including phenoxy) is 1. The van der Waals surface area contributed by atoms with Gasteiger partial charge in [0.05, 0.1) is 12.1 Å². The van der Waals surface area contributed by atoms with Crippen LogP contribution in [0.15, 0.2) is 57.9 Å².